The lowest BCUT2D eigenvalue weighted by atomic mass is 10.0. The summed E-state index contributed by atoms with van der Waals surface area (Å²) < 4.78 is 76.9. The molecule has 2 aromatic carbocycles. The van der Waals surface area contributed by atoms with Gasteiger partial charge in [-0.3, -0.25) is 18.2 Å². The molecule has 0 fully saturated rings. The lowest BCUT2D eigenvalue weighted by molar-refractivity contribution is -0.168. The Balaban J connectivity index is -0.000000679. The number of hydrogen-bond acceptors (Lipinski definition) is 16. The minimum absolute atomic E-state index is 0.0824. The maximum atomic E-state index is 11.0. The van der Waals surface area contributed by atoms with Crippen LogP contribution in [0.2, 0.25) is 0 Å². The smallest absolute Gasteiger partial charge is 0.272 e. The molecule has 1 heterocycles. The van der Waals surface area contributed by atoms with Crippen LogP contribution in [0.4, 0.5) is 0 Å². The van der Waals surface area contributed by atoms with Crippen molar-refractivity contribution in [2.45, 2.75) is 55.4 Å². The molecule has 0 aliphatic carbocycles. The van der Waals surface area contributed by atoms with Crippen molar-refractivity contribution in [3.63, 3.8) is 0 Å². The summed E-state index contributed by atoms with van der Waals surface area (Å²) in [5.41, 5.74) is 2.13. The van der Waals surface area contributed by atoms with E-state index in [1.165, 1.54) is 11.8 Å². The van der Waals surface area contributed by atoms with Gasteiger partial charge in [0.15, 0.2) is 5.71 Å². The number of benzene rings is 2. The summed E-state index contributed by atoms with van der Waals surface area (Å²) in [5, 5.41) is 27.1. The number of nitriles is 2. The fourth-order valence-electron chi connectivity index (χ4n) is 2.85. The van der Waals surface area contributed by atoms with Crippen molar-refractivity contribution in [3.05, 3.63) is 88.8 Å². The third kappa shape index (κ3) is 24.9. The van der Waals surface area contributed by atoms with Crippen molar-refractivity contribution in [1.29, 1.82) is 10.5 Å². The second-order valence-corrected chi connectivity index (χ2v) is 14.2. The van der Waals surface area contributed by atoms with E-state index in [0.29, 0.717) is 21.8 Å². The predicted molar refractivity (Wildman–Crippen MR) is 207 cm³/mol. The van der Waals surface area contributed by atoms with Gasteiger partial charge in [0.25, 0.3) is 21.9 Å². The summed E-state index contributed by atoms with van der Waals surface area (Å²) in [4.78, 5) is 21.2. The summed E-state index contributed by atoms with van der Waals surface area (Å²) >= 11 is 1.20. The van der Waals surface area contributed by atoms with Crippen LogP contribution < -0.4 is 0 Å². The lowest BCUT2D eigenvalue weighted by Crippen LogP contribution is -2.35. The average molecular weight is 816 g/mol. The Hall–Kier alpha value is -4.86. The van der Waals surface area contributed by atoms with Gasteiger partial charge in [-0.1, -0.05) is 124 Å². The number of imide groups is 1. The second kappa shape index (κ2) is 27.7. The highest BCUT2D eigenvalue weighted by Gasteiger charge is 2.20. The lowest BCUT2D eigenvalue weighted by Gasteiger charge is -2.13. The average Bonchev–Trinajstić information content (AvgIpc) is 3.58. The largest absolute Gasteiger partial charge is 0.325 e. The van der Waals surface area contributed by atoms with Gasteiger partial charge < -0.3 is 0 Å². The summed E-state index contributed by atoms with van der Waals surface area (Å²) in [6, 6.07) is 21.4. The molecule has 0 unspecified atom stereocenters. The molecule has 0 N–H and O–H groups in total. The molecular weight excluding hydrogens is 771 g/mol. The first-order valence-corrected chi connectivity index (χ1v) is 21.7. The van der Waals surface area contributed by atoms with Gasteiger partial charge in [0, 0.05) is 25.0 Å². The number of rotatable bonds is 8. The molecule has 2 aromatic rings. The highest BCUT2D eigenvalue weighted by atomic mass is 32.2. The first-order chi connectivity index (χ1) is 24.8. The van der Waals surface area contributed by atoms with Crippen molar-refractivity contribution >= 4 is 70.3 Å². The number of amides is 2. The van der Waals surface area contributed by atoms with Crippen LogP contribution in [-0.2, 0) is 52.8 Å². The minimum Gasteiger partial charge on any atom is -0.272 e. The van der Waals surface area contributed by atoms with E-state index < -0.39 is 42.2 Å². The first kappa shape index (κ1) is 52.5. The van der Waals surface area contributed by atoms with Crippen molar-refractivity contribution in [2.75, 3.05) is 18.8 Å². The predicted octanol–water partition coefficient (Wildman–Crippen LogP) is 5.76. The molecule has 2 amide bonds. The van der Waals surface area contributed by atoms with E-state index in [1.807, 2.05) is 59.7 Å². The molecule has 53 heavy (non-hydrogen) atoms. The Morgan fingerprint density at radius 1 is 0.679 bits per heavy atom. The highest BCUT2D eigenvalue weighted by molar-refractivity contribution is 8.17. The third-order valence-corrected chi connectivity index (χ3v) is 6.44. The van der Waals surface area contributed by atoms with E-state index in [2.05, 4.69) is 29.2 Å². The highest BCUT2D eigenvalue weighted by Crippen LogP contribution is 2.30. The molecule has 292 valence electrons. The number of thioether (sulfide) groups is 1. The molecule has 0 aromatic heterocycles. The van der Waals surface area contributed by atoms with Gasteiger partial charge in [0.2, 0.25) is 0 Å². The van der Waals surface area contributed by atoms with Crippen molar-refractivity contribution in [3.8, 4) is 12.1 Å². The number of hydrogen-bond donors (Lipinski definition) is 0. The quantitative estimate of drug-likeness (QED) is 0.175. The number of carbonyl (C=O) groups is 2. The molecular formula is C33H45N5O11S4. The molecule has 1 aliphatic rings. The van der Waals surface area contributed by atoms with E-state index in [1.54, 1.807) is 60.0 Å². The number of oxime groups is 2. The molecule has 1 aliphatic heterocycles. The number of carbonyl (C=O) groups excluding carboxylic acids is 2. The van der Waals surface area contributed by atoms with Crippen LogP contribution in [-0.4, -0.2) is 71.7 Å². The molecule has 20 heteroatoms. The van der Waals surface area contributed by atoms with Gasteiger partial charge in [-0.05, 0) is 17.0 Å². The van der Waals surface area contributed by atoms with Crippen LogP contribution in [0.15, 0.2) is 88.0 Å². The molecule has 0 spiro atoms. The van der Waals surface area contributed by atoms with Gasteiger partial charge in [0.1, 0.15) is 17.2 Å². The summed E-state index contributed by atoms with van der Waals surface area (Å²) in [6.45, 7) is 14.0. The zero-order valence-electron chi connectivity index (χ0n) is 31.3. The molecule has 3 rings (SSSR count). The van der Waals surface area contributed by atoms with Crippen molar-refractivity contribution < 1.29 is 47.7 Å². The van der Waals surface area contributed by atoms with Gasteiger partial charge in [-0.2, -0.15) is 35.8 Å². The van der Waals surface area contributed by atoms with Crippen LogP contribution >= 0.6 is 11.8 Å². The maximum absolute atomic E-state index is 11.0. The van der Waals surface area contributed by atoms with Gasteiger partial charge >= 0.3 is 20.2 Å². The number of allylic oxidation sites excluding steroid dienone is 2. The van der Waals surface area contributed by atoms with Crippen LogP contribution in [0.1, 0.15) is 66.5 Å². The second-order valence-electron chi connectivity index (χ2n) is 8.67. The first-order valence-electron chi connectivity index (χ1n) is 15.4. The van der Waals surface area contributed by atoms with E-state index in [0.717, 1.165) is 38.2 Å². The van der Waals surface area contributed by atoms with E-state index in [9.17, 15) is 40.1 Å². The maximum Gasteiger partial charge on any atom is 0.325 e. The Kier molecular flexibility index (Phi) is 27.5. The van der Waals surface area contributed by atoms with Gasteiger partial charge in [0.05, 0.1) is 24.3 Å². The summed E-state index contributed by atoms with van der Waals surface area (Å²) in [5.74, 6) is -1.57. The van der Waals surface area contributed by atoms with Gasteiger partial charge in [-0.25, -0.2) is 0 Å². The van der Waals surface area contributed by atoms with E-state index in [-0.39, 0.29) is 10.8 Å². The Labute approximate surface area is 317 Å². The Morgan fingerprint density at radius 2 is 1.11 bits per heavy atom. The zero-order valence-corrected chi connectivity index (χ0v) is 34.6. The Bertz CT molecular complexity index is 1970. The molecule has 0 saturated heterocycles. The normalized spacial score (nSPS) is 13.3. The monoisotopic (exact) mass is 815 g/mol. The van der Waals surface area contributed by atoms with E-state index >= 15 is 0 Å². The minimum atomic E-state index is -3.83. The molecule has 0 bridgehead atoms. The van der Waals surface area contributed by atoms with Crippen LogP contribution in [0.25, 0.3) is 5.57 Å². The van der Waals surface area contributed by atoms with Crippen LogP contribution in [0.3, 0.4) is 0 Å². The third-order valence-electron chi connectivity index (χ3n) is 4.54. The number of nitrogens with zero attached hydrogens (tertiary/aromatic N) is 5. The topological polar surface area (TPSA) is 240 Å². The zero-order chi connectivity index (χ0) is 41.8. The van der Waals surface area contributed by atoms with E-state index in [4.69, 9.17) is 5.26 Å². The molecule has 0 atom stereocenters. The number of hydroxylamine groups is 2. The van der Waals surface area contributed by atoms with Crippen molar-refractivity contribution in [1.82, 2.24) is 5.06 Å². The van der Waals surface area contributed by atoms with Crippen molar-refractivity contribution in [2.24, 2.45) is 10.3 Å². The fraction of sp³-hybridized carbons (Fsp3) is 0.333. The molecule has 0 saturated carbocycles. The van der Waals surface area contributed by atoms with Crippen LogP contribution in [0, 0.1) is 22.7 Å². The summed E-state index contributed by atoms with van der Waals surface area (Å²) in [7, 11) is -11.2. The fourth-order valence-corrected chi connectivity index (χ4v) is 4.51. The Morgan fingerprint density at radius 3 is 1.45 bits per heavy atom. The standard InChI is InChI=1S/C13H10N2O3S2.C9H8N2O3S.C5H9NO5S.3C2H6/c1-20(16,17)18-15-13-11(7-8-19-13)12(9-14)10-5-3-2-4-6-10;1-15(12,13)14-11-9(7-10)8-5-3-2-4-6-8;1-4(7)6(5(2)8)11-12(3,9)10;3*1-2/h2-8H,1H3;2-6H,1H3;1-3H3;3*1-2H3/b12-11+,15-13-;11-9+;;;;. The van der Waals surface area contributed by atoms with Gasteiger partial charge in [-0.15, -0.1) is 9.35 Å². The molecule has 16 nitrogen and oxygen atoms in total. The SMILES string of the molecule is CC.CC.CC.CC(=O)N(OS(C)(=O)=O)C(C)=O.CS(=O)(=O)O/N=C(\C#N)c1ccccc1.CS(=O)(=O)O/N=C1\SC=C\C1=C(\C#N)c1ccccc1. The molecule has 0 radical (unpaired) electrons. The van der Waals surface area contributed by atoms with Crippen LogP contribution in [0.5, 0.6) is 0 Å². The summed E-state index contributed by atoms with van der Waals surface area (Å²) in [6.07, 6.45) is 4.22.